The van der Waals surface area contributed by atoms with Gasteiger partial charge in [0.25, 0.3) is 46.7 Å². The molecule has 0 atom stereocenters. The summed E-state index contributed by atoms with van der Waals surface area (Å²) in [6.45, 7) is -0.104. The Bertz CT molecular complexity index is 6530. The second-order valence-electron chi connectivity index (χ2n) is 28.7. The molecule has 124 heavy (non-hydrogen) atoms. The summed E-state index contributed by atoms with van der Waals surface area (Å²) in [5, 5.41) is 11.7. The van der Waals surface area contributed by atoms with Gasteiger partial charge in [-0.05, 0) is 182 Å². The second kappa shape index (κ2) is 33.1. The van der Waals surface area contributed by atoms with Crippen LogP contribution < -0.4 is 49.4 Å². The van der Waals surface area contributed by atoms with Crippen molar-refractivity contribution < 1.29 is 124 Å². The van der Waals surface area contributed by atoms with E-state index in [2.05, 4.69) is 34.0 Å². The Labute approximate surface area is 691 Å². The molecule has 0 radical (unpaired) electrons. The maximum absolute atomic E-state index is 15.4. The highest BCUT2D eigenvalue weighted by Crippen LogP contribution is 2.59. The quantitative estimate of drug-likeness (QED) is 0.0631. The number of pyridine rings is 3. The lowest BCUT2D eigenvalue weighted by Crippen LogP contribution is -2.50. The number of nitrogens with one attached hydrogen (secondary N) is 2. The first-order valence-electron chi connectivity index (χ1n) is 36.2. The number of ether oxygens (including phenoxy) is 4. The van der Waals surface area contributed by atoms with Crippen molar-refractivity contribution in [3.8, 4) is 40.1 Å². The van der Waals surface area contributed by atoms with E-state index in [9.17, 15) is 92.3 Å². The zero-order chi connectivity index (χ0) is 88.6. The maximum Gasteiger partial charge on any atom is 0.422 e. The van der Waals surface area contributed by atoms with Crippen LogP contribution in [0.25, 0.3) is 49.8 Å². The molecule has 7 aromatic carbocycles. The van der Waals surface area contributed by atoms with Crippen LogP contribution in [0.4, 0.5) is 83.3 Å². The van der Waals surface area contributed by atoms with Gasteiger partial charge in [0.15, 0.2) is 17.5 Å². The standard InChI is InChI=1S/C32H26F5N3O6S.2C24H18F5N3O5S.CH4/c1-44-22-6-3-19(4-7-22)18-39(29-11-12-46-38-29)47(42,43)23-8-9-26-20(13-23)5-10-30(41)40(26)27-15-25(33)24(14-28(27)45-2)21-16-31(34,17-21)32(35,36)37;2*1-36-20-9-16(14-11-23(26,12-14)24(27,28)29)17(25)10-19(20)32-18-4-3-15(8-13(18)2-5-22(32)33)38(34,35)31-21-6-7-37-30-21;/h3-15,21H,16-18H2,1-2H3;2*2-10,14H,11-12H2,1H3,(H,30,31);1H4. The third-order valence-corrected chi connectivity index (χ3v) is 25.7. The fourth-order valence-corrected chi connectivity index (χ4v) is 18.1. The summed E-state index contributed by atoms with van der Waals surface area (Å²) in [4.78, 5) is 38.4. The third kappa shape index (κ3) is 16.9. The highest BCUT2D eigenvalue weighted by Gasteiger charge is 2.66. The minimum absolute atomic E-state index is 0. The number of anilines is 3. The zero-order valence-corrected chi connectivity index (χ0v) is 66.1. The Morgan fingerprint density at radius 1 is 0.419 bits per heavy atom. The van der Waals surface area contributed by atoms with Gasteiger partial charge in [-0.3, -0.25) is 37.5 Å². The van der Waals surface area contributed by atoms with Gasteiger partial charge >= 0.3 is 18.5 Å². The fraction of sp³-hybridized carbons (Fsp3) is 0.259. The van der Waals surface area contributed by atoms with E-state index in [-0.39, 0.29) is 119 Å². The van der Waals surface area contributed by atoms with E-state index in [4.69, 9.17) is 23.5 Å². The topological polar surface area (TPSA) is 311 Å². The summed E-state index contributed by atoms with van der Waals surface area (Å²) in [5.74, 6) is -5.51. The van der Waals surface area contributed by atoms with E-state index >= 15 is 13.2 Å². The van der Waals surface area contributed by atoms with Gasteiger partial charge in [-0.15, -0.1) is 0 Å². The van der Waals surface area contributed by atoms with Crippen LogP contribution >= 0.6 is 0 Å². The van der Waals surface area contributed by atoms with Gasteiger partial charge < -0.3 is 32.5 Å². The van der Waals surface area contributed by atoms with Crippen molar-refractivity contribution in [2.75, 3.05) is 42.2 Å². The largest absolute Gasteiger partial charge is 0.497 e. The van der Waals surface area contributed by atoms with Gasteiger partial charge in [-0.25, -0.2) is 55.9 Å². The van der Waals surface area contributed by atoms with Gasteiger partial charge in [0.1, 0.15) is 59.2 Å². The van der Waals surface area contributed by atoms with Gasteiger partial charge in [-0.1, -0.05) is 35.0 Å². The highest BCUT2D eigenvalue weighted by atomic mass is 32.2. The van der Waals surface area contributed by atoms with E-state index in [1.807, 2.05) is 0 Å². The van der Waals surface area contributed by atoms with Crippen LogP contribution in [0.5, 0.6) is 23.0 Å². The van der Waals surface area contributed by atoms with Crippen LogP contribution in [0, 0.1) is 17.5 Å². The van der Waals surface area contributed by atoms with Crippen molar-refractivity contribution >= 4 is 80.2 Å². The monoisotopic (exact) mass is 1800 g/mol. The summed E-state index contributed by atoms with van der Waals surface area (Å²) >= 11 is 0. The number of halogens is 15. The molecule has 3 fully saturated rings. The molecular formula is C81H66F15N9O16S3. The third-order valence-electron chi connectivity index (χ3n) is 21.2. The molecule has 0 spiro atoms. The maximum atomic E-state index is 15.4. The Balaban J connectivity index is 0.000000160. The molecule has 3 aliphatic rings. The van der Waals surface area contributed by atoms with Crippen molar-refractivity contribution in [1.82, 2.24) is 29.2 Å². The van der Waals surface area contributed by atoms with E-state index in [0.29, 0.717) is 22.1 Å². The Hall–Kier alpha value is -12.8. The second-order valence-corrected chi connectivity index (χ2v) is 33.9. The number of aromatic nitrogens is 6. The number of sulfonamides is 3. The molecule has 2 N–H and O–H groups in total. The lowest BCUT2D eigenvalue weighted by Gasteiger charge is -2.42. The van der Waals surface area contributed by atoms with Crippen LogP contribution in [-0.2, 0) is 36.6 Å². The molecule has 0 bridgehead atoms. The molecule has 6 aromatic heterocycles. The summed E-state index contributed by atoms with van der Waals surface area (Å²) in [7, 11) is -7.21. The van der Waals surface area contributed by atoms with Gasteiger partial charge in [0, 0.05) is 70.8 Å². The van der Waals surface area contributed by atoms with Crippen LogP contribution in [0.3, 0.4) is 0 Å². The first kappa shape index (κ1) is 89.0. The summed E-state index contributed by atoms with van der Waals surface area (Å²) in [5.41, 5.74) is -11.5. The predicted molar refractivity (Wildman–Crippen MR) is 418 cm³/mol. The Morgan fingerprint density at radius 2 is 0.742 bits per heavy atom. The molecule has 6 heterocycles. The average Bonchev–Trinajstić information content (AvgIpc) is 1.04. The Kier molecular flexibility index (Phi) is 23.8. The van der Waals surface area contributed by atoms with Gasteiger partial charge in [0.05, 0.1) is 83.3 Å². The van der Waals surface area contributed by atoms with Crippen molar-refractivity contribution in [1.29, 1.82) is 0 Å². The van der Waals surface area contributed by atoms with E-state index in [0.717, 1.165) is 72.6 Å². The first-order chi connectivity index (χ1) is 57.9. The van der Waals surface area contributed by atoms with Crippen molar-refractivity contribution in [3.05, 3.63) is 259 Å². The van der Waals surface area contributed by atoms with Crippen molar-refractivity contribution in [3.63, 3.8) is 0 Å². The van der Waals surface area contributed by atoms with Crippen molar-refractivity contribution in [2.24, 2.45) is 0 Å². The first-order valence-corrected chi connectivity index (χ1v) is 40.6. The van der Waals surface area contributed by atoms with Gasteiger partial charge in [0.2, 0.25) is 17.0 Å². The molecule has 0 saturated heterocycles. The smallest absolute Gasteiger partial charge is 0.422 e. The molecule has 25 nitrogen and oxygen atoms in total. The van der Waals surface area contributed by atoms with Crippen LogP contribution in [0.2, 0.25) is 0 Å². The molecule has 16 rings (SSSR count). The number of methoxy groups -OCH3 is 4. The molecule has 13 aromatic rings. The number of fused-ring (bicyclic) bond motifs is 3. The van der Waals surface area contributed by atoms with Crippen LogP contribution in [-0.4, -0.2) is 118 Å². The zero-order valence-electron chi connectivity index (χ0n) is 63.6. The number of rotatable bonds is 21. The molecule has 3 aliphatic carbocycles. The minimum atomic E-state index is -5.08. The number of nitrogens with zero attached hydrogens (tertiary/aromatic N) is 7. The predicted octanol–water partition coefficient (Wildman–Crippen LogP) is 17.5. The van der Waals surface area contributed by atoms with Crippen molar-refractivity contribution in [2.45, 2.75) is 120 Å². The summed E-state index contributed by atoms with van der Waals surface area (Å²) < 4.78 is 328. The number of hydrogen-bond acceptors (Lipinski definition) is 19. The molecule has 0 amide bonds. The fourth-order valence-electron chi connectivity index (χ4n) is 14.6. The lowest BCUT2D eigenvalue weighted by atomic mass is 9.68. The SMILES string of the molecule is C.COc1cc(C2CC(F)(C(F)(F)F)C2)c(F)cc1-n1c(=O)ccc2cc(S(=O)(=O)Nc3ccon3)ccc21.COc1cc(C2CC(F)(C(F)(F)F)C2)c(F)cc1-n1c(=O)ccc2cc(S(=O)(=O)Nc3ccon3)ccc21.COc1ccc(CN(c2ccon2)S(=O)(=O)c2ccc3c(ccc(=O)n3-c3cc(F)c(C4CC(F)(C(F)(F)F)C4)cc3OC)c2)cc1. The molecule has 654 valence electrons. The van der Waals surface area contributed by atoms with Gasteiger partial charge in [-0.2, -0.15) is 39.5 Å². The normalized spacial score (nSPS) is 19.0. The average molecular weight is 1800 g/mol. The van der Waals surface area contributed by atoms with E-state index in [1.54, 1.807) is 24.3 Å². The van der Waals surface area contributed by atoms with E-state index < -0.39 is 156 Å². The number of alkyl halides is 12. The molecule has 0 unspecified atom stereocenters. The molecule has 0 aliphatic heterocycles. The number of benzene rings is 7. The van der Waals surface area contributed by atoms with Crippen LogP contribution in [0.1, 0.15) is 86.0 Å². The molecule has 3 saturated carbocycles. The molecular weight excluding hydrogens is 1740 g/mol. The Morgan fingerprint density at radius 3 is 1.04 bits per heavy atom. The summed E-state index contributed by atoms with van der Waals surface area (Å²) in [6.07, 6.45) is -17.2. The molecule has 43 heteroatoms. The number of hydrogen-bond donors (Lipinski definition) is 2. The summed E-state index contributed by atoms with van der Waals surface area (Å²) in [6, 6.07) is 36.3. The van der Waals surface area contributed by atoms with Crippen LogP contribution in [0.15, 0.2) is 231 Å². The lowest BCUT2D eigenvalue weighted by molar-refractivity contribution is -0.260. The highest BCUT2D eigenvalue weighted by molar-refractivity contribution is 7.93. The minimum Gasteiger partial charge on any atom is -0.497 e. The van der Waals surface area contributed by atoms with E-state index in [1.165, 1.54) is 138 Å².